The highest BCUT2D eigenvalue weighted by molar-refractivity contribution is 9.10. The van der Waals surface area contributed by atoms with E-state index >= 15 is 0 Å². The van der Waals surface area contributed by atoms with Crippen molar-refractivity contribution >= 4 is 44.9 Å². The second-order valence-electron chi connectivity index (χ2n) is 3.95. The molecule has 0 unspecified atom stereocenters. The molecule has 0 atom stereocenters. The lowest BCUT2D eigenvalue weighted by Gasteiger charge is -2.08. The minimum atomic E-state index is -0.515. The van der Waals surface area contributed by atoms with Crippen LogP contribution in [0.4, 0.5) is 4.39 Å². The van der Waals surface area contributed by atoms with Crippen molar-refractivity contribution in [3.63, 3.8) is 0 Å². The van der Waals surface area contributed by atoms with Crippen LogP contribution in [-0.4, -0.2) is 12.9 Å². The zero-order chi connectivity index (χ0) is 14.9. The Morgan fingerprint density at radius 2 is 1.85 bits per heavy atom. The number of carbonyl (C=O) groups is 1. The minimum absolute atomic E-state index is 0.181. The highest BCUT2D eigenvalue weighted by atomic mass is 79.9. The molecule has 0 N–H and O–H groups in total. The van der Waals surface area contributed by atoms with Crippen molar-refractivity contribution in [3.8, 4) is 5.75 Å². The second-order valence-corrected chi connectivity index (χ2v) is 5.68. The van der Waals surface area contributed by atoms with Crippen molar-refractivity contribution in [2.45, 2.75) is 0 Å². The van der Waals surface area contributed by atoms with E-state index in [0.717, 1.165) is 6.07 Å². The maximum absolute atomic E-state index is 13.3. The van der Waals surface area contributed by atoms with Crippen molar-refractivity contribution in [2.24, 2.45) is 0 Å². The van der Waals surface area contributed by atoms with Crippen LogP contribution in [0.15, 0.2) is 34.8 Å². The van der Waals surface area contributed by atoms with E-state index in [9.17, 15) is 9.18 Å². The SMILES string of the molecule is COc1cc(Cl)c(C(=O)c2cc(F)cc(Br)c2)cc1Cl. The molecule has 0 spiro atoms. The Kier molecular flexibility index (Phi) is 4.68. The quantitative estimate of drug-likeness (QED) is 0.692. The number of methoxy groups -OCH3 is 1. The molecule has 0 radical (unpaired) electrons. The van der Waals surface area contributed by atoms with Crippen molar-refractivity contribution in [1.82, 2.24) is 0 Å². The zero-order valence-electron chi connectivity index (χ0n) is 10.2. The lowest BCUT2D eigenvalue weighted by molar-refractivity contribution is 0.103. The molecular weight excluding hydrogens is 370 g/mol. The number of halogens is 4. The fourth-order valence-electron chi connectivity index (χ4n) is 1.70. The number of carbonyl (C=O) groups excluding carboxylic acids is 1. The predicted octanol–water partition coefficient (Wildman–Crippen LogP) is 5.13. The average molecular weight is 378 g/mol. The number of rotatable bonds is 3. The highest BCUT2D eigenvalue weighted by Gasteiger charge is 2.17. The lowest BCUT2D eigenvalue weighted by atomic mass is 10.0. The number of benzene rings is 2. The summed E-state index contributed by atoms with van der Waals surface area (Å²) in [6.45, 7) is 0. The van der Waals surface area contributed by atoms with E-state index in [0.29, 0.717) is 10.2 Å². The zero-order valence-corrected chi connectivity index (χ0v) is 13.3. The standard InChI is InChI=1S/C14H8BrCl2FO2/c1-20-13-6-11(16)10(5-12(13)17)14(19)7-2-8(15)4-9(18)3-7/h2-6H,1H3. The van der Waals surface area contributed by atoms with Gasteiger partial charge < -0.3 is 4.74 Å². The molecule has 0 bridgehead atoms. The molecule has 0 aliphatic heterocycles. The number of ether oxygens (including phenoxy) is 1. The number of hydrogen-bond donors (Lipinski definition) is 0. The van der Waals surface area contributed by atoms with Gasteiger partial charge in [0.1, 0.15) is 11.6 Å². The lowest BCUT2D eigenvalue weighted by Crippen LogP contribution is -2.03. The summed E-state index contributed by atoms with van der Waals surface area (Å²) in [6.07, 6.45) is 0. The molecule has 0 fully saturated rings. The maximum atomic E-state index is 13.3. The van der Waals surface area contributed by atoms with Gasteiger partial charge in [0.25, 0.3) is 0 Å². The van der Waals surface area contributed by atoms with E-state index in [1.54, 1.807) is 0 Å². The molecule has 20 heavy (non-hydrogen) atoms. The largest absolute Gasteiger partial charge is 0.495 e. The van der Waals surface area contributed by atoms with E-state index in [1.165, 1.54) is 31.4 Å². The van der Waals surface area contributed by atoms with Crippen LogP contribution in [-0.2, 0) is 0 Å². The van der Waals surface area contributed by atoms with Crippen molar-refractivity contribution in [2.75, 3.05) is 7.11 Å². The monoisotopic (exact) mass is 376 g/mol. The van der Waals surface area contributed by atoms with E-state index in [2.05, 4.69) is 15.9 Å². The van der Waals surface area contributed by atoms with Gasteiger partial charge in [0.15, 0.2) is 5.78 Å². The van der Waals surface area contributed by atoms with Gasteiger partial charge in [-0.3, -0.25) is 4.79 Å². The minimum Gasteiger partial charge on any atom is -0.495 e. The van der Waals surface area contributed by atoms with Crippen LogP contribution in [0.3, 0.4) is 0 Å². The Labute approximate surface area is 133 Å². The van der Waals surface area contributed by atoms with Gasteiger partial charge in [-0.15, -0.1) is 0 Å². The first kappa shape index (κ1) is 15.3. The van der Waals surface area contributed by atoms with Gasteiger partial charge in [0, 0.05) is 21.7 Å². The van der Waals surface area contributed by atoms with Crippen LogP contribution < -0.4 is 4.74 Å². The fourth-order valence-corrected chi connectivity index (χ4v) is 2.65. The molecule has 0 aliphatic rings. The molecule has 0 amide bonds. The van der Waals surface area contributed by atoms with Crippen LogP contribution in [0.25, 0.3) is 0 Å². The molecule has 2 nitrogen and oxygen atoms in total. The average Bonchev–Trinajstić information content (AvgIpc) is 2.39. The third kappa shape index (κ3) is 3.14. The van der Waals surface area contributed by atoms with Crippen LogP contribution in [0.1, 0.15) is 15.9 Å². The first-order valence-electron chi connectivity index (χ1n) is 5.46. The summed E-state index contributed by atoms with van der Waals surface area (Å²) in [6, 6.07) is 6.77. The van der Waals surface area contributed by atoms with E-state index < -0.39 is 11.6 Å². The van der Waals surface area contributed by atoms with Gasteiger partial charge in [-0.2, -0.15) is 0 Å². The van der Waals surface area contributed by atoms with Crippen molar-refractivity contribution in [1.29, 1.82) is 0 Å². The van der Waals surface area contributed by atoms with Gasteiger partial charge in [-0.1, -0.05) is 39.1 Å². The predicted molar refractivity (Wildman–Crippen MR) is 80.5 cm³/mol. The third-order valence-corrected chi connectivity index (χ3v) is 3.68. The molecule has 0 aliphatic carbocycles. The fraction of sp³-hybridized carbons (Fsp3) is 0.0714. The Morgan fingerprint density at radius 3 is 2.45 bits per heavy atom. The molecule has 0 saturated carbocycles. The topological polar surface area (TPSA) is 26.3 Å². The smallest absolute Gasteiger partial charge is 0.194 e. The number of ketones is 1. The van der Waals surface area contributed by atoms with Gasteiger partial charge in [-0.25, -0.2) is 4.39 Å². The summed E-state index contributed by atoms with van der Waals surface area (Å²) in [5, 5.41) is 0.451. The van der Waals surface area contributed by atoms with Crippen LogP contribution in [0.5, 0.6) is 5.75 Å². The Morgan fingerprint density at radius 1 is 1.15 bits per heavy atom. The molecule has 104 valence electrons. The summed E-state index contributed by atoms with van der Waals surface area (Å²) in [5.74, 6) is -0.563. The van der Waals surface area contributed by atoms with E-state index in [4.69, 9.17) is 27.9 Å². The van der Waals surface area contributed by atoms with E-state index in [-0.39, 0.29) is 21.2 Å². The molecule has 0 saturated heterocycles. The Bertz CT molecular complexity index is 669. The van der Waals surface area contributed by atoms with Crippen LogP contribution in [0, 0.1) is 5.82 Å². The summed E-state index contributed by atoms with van der Waals surface area (Å²) in [5.41, 5.74) is 0.370. The van der Waals surface area contributed by atoms with E-state index in [1.807, 2.05) is 0 Å². The second kappa shape index (κ2) is 6.12. The summed E-state index contributed by atoms with van der Waals surface area (Å²) < 4.78 is 18.8. The first-order valence-corrected chi connectivity index (χ1v) is 7.01. The van der Waals surface area contributed by atoms with Crippen LogP contribution >= 0.6 is 39.1 Å². The first-order chi connectivity index (χ1) is 9.42. The molecule has 2 rings (SSSR count). The van der Waals surface area contributed by atoms with Gasteiger partial charge in [-0.05, 0) is 24.3 Å². The Balaban J connectivity index is 2.50. The molecular formula is C14H8BrCl2FO2. The van der Waals surface area contributed by atoms with Crippen molar-refractivity contribution < 1.29 is 13.9 Å². The van der Waals surface area contributed by atoms with Gasteiger partial charge >= 0.3 is 0 Å². The molecule has 2 aromatic rings. The molecule has 0 heterocycles. The maximum Gasteiger partial charge on any atom is 0.194 e. The summed E-state index contributed by atoms with van der Waals surface area (Å²) in [7, 11) is 1.45. The Hall–Kier alpha value is -1.10. The molecule has 0 aromatic heterocycles. The van der Waals surface area contributed by atoms with Gasteiger partial charge in [0.2, 0.25) is 0 Å². The third-order valence-electron chi connectivity index (χ3n) is 2.61. The summed E-state index contributed by atoms with van der Waals surface area (Å²) in [4.78, 5) is 12.4. The molecule has 2 aromatic carbocycles. The van der Waals surface area contributed by atoms with Crippen molar-refractivity contribution in [3.05, 3.63) is 61.8 Å². The number of hydrogen-bond acceptors (Lipinski definition) is 2. The van der Waals surface area contributed by atoms with Gasteiger partial charge in [0.05, 0.1) is 17.2 Å². The highest BCUT2D eigenvalue weighted by Crippen LogP contribution is 2.32. The molecule has 6 heteroatoms. The van der Waals surface area contributed by atoms with Crippen LogP contribution in [0.2, 0.25) is 10.0 Å². The summed E-state index contributed by atoms with van der Waals surface area (Å²) >= 11 is 15.2. The normalized spacial score (nSPS) is 10.4.